The number of nitrogens with one attached hydrogen (secondary N) is 1. The highest BCUT2D eigenvalue weighted by Crippen LogP contribution is 2.35. The molecule has 1 aromatic heterocycles. The van der Waals surface area contributed by atoms with Gasteiger partial charge >= 0.3 is 0 Å². The largest absolute Gasteiger partial charge is 0.454 e. The molecule has 1 saturated heterocycles. The lowest BCUT2D eigenvalue weighted by Crippen LogP contribution is -2.32. The summed E-state index contributed by atoms with van der Waals surface area (Å²) in [6, 6.07) is 9.33. The van der Waals surface area contributed by atoms with E-state index in [1.54, 1.807) is 12.3 Å². The van der Waals surface area contributed by atoms with Gasteiger partial charge in [-0.15, -0.1) is 0 Å². The van der Waals surface area contributed by atoms with Crippen molar-refractivity contribution in [2.45, 2.75) is 25.7 Å². The van der Waals surface area contributed by atoms with Gasteiger partial charge in [0.1, 0.15) is 5.69 Å². The average molecular weight is 339 g/mol. The second kappa shape index (κ2) is 7.01. The first kappa shape index (κ1) is 15.7. The molecule has 6 heteroatoms. The first-order valence-corrected chi connectivity index (χ1v) is 8.71. The number of aromatic nitrogens is 1. The molecule has 4 rings (SSSR count). The van der Waals surface area contributed by atoms with E-state index >= 15 is 0 Å². The molecule has 2 aliphatic rings. The number of ether oxygens (including phenoxy) is 2. The van der Waals surface area contributed by atoms with Gasteiger partial charge in [-0.2, -0.15) is 0 Å². The van der Waals surface area contributed by atoms with Crippen LogP contribution in [-0.2, 0) is 0 Å². The van der Waals surface area contributed by atoms with Gasteiger partial charge < -0.3 is 19.7 Å². The van der Waals surface area contributed by atoms with Crippen molar-refractivity contribution in [3.05, 3.63) is 42.2 Å². The number of carbonyl (C=O) groups is 1. The summed E-state index contributed by atoms with van der Waals surface area (Å²) < 4.78 is 10.7. The molecular formula is C19H21N3O3. The van der Waals surface area contributed by atoms with Crippen molar-refractivity contribution in [3.8, 4) is 11.5 Å². The smallest absolute Gasteiger partial charge is 0.272 e. The Morgan fingerprint density at radius 1 is 0.960 bits per heavy atom. The van der Waals surface area contributed by atoms with Crippen LogP contribution in [-0.4, -0.2) is 35.7 Å². The summed E-state index contributed by atoms with van der Waals surface area (Å²) in [5.74, 6) is 1.48. The molecule has 2 aromatic rings. The van der Waals surface area contributed by atoms with Crippen molar-refractivity contribution >= 4 is 17.3 Å². The van der Waals surface area contributed by atoms with Gasteiger partial charge in [-0.3, -0.25) is 9.78 Å². The minimum absolute atomic E-state index is 0.0104. The maximum Gasteiger partial charge on any atom is 0.272 e. The second-order valence-corrected chi connectivity index (χ2v) is 6.33. The number of nitrogens with zero attached hydrogens (tertiary/aromatic N) is 2. The molecule has 0 aliphatic carbocycles. The summed E-state index contributed by atoms with van der Waals surface area (Å²) in [6.07, 6.45) is 6.20. The van der Waals surface area contributed by atoms with Gasteiger partial charge in [0, 0.05) is 36.7 Å². The van der Waals surface area contributed by atoms with Crippen molar-refractivity contribution in [1.82, 2.24) is 9.88 Å². The third-order valence-corrected chi connectivity index (χ3v) is 4.53. The monoisotopic (exact) mass is 339 g/mol. The maximum atomic E-state index is 12.7. The predicted octanol–water partition coefficient (Wildman–Crippen LogP) is 3.57. The van der Waals surface area contributed by atoms with E-state index in [2.05, 4.69) is 10.3 Å². The zero-order valence-corrected chi connectivity index (χ0v) is 14.0. The number of hydrogen-bond donors (Lipinski definition) is 1. The van der Waals surface area contributed by atoms with E-state index in [0.717, 1.165) is 48.8 Å². The maximum absolute atomic E-state index is 12.7. The highest BCUT2D eigenvalue weighted by atomic mass is 16.7. The van der Waals surface area contributed by atoms with Crippen molar-refractivity contribution in [3.63, 3.8) is 0 Å². The molecule has 0 spiro atoms. The van der Waals surface area contributed by atoms with E-state index < -0.39 is 0 Å². The second-order valence-electron chi connectivity index (χ2n) is 6.33. The van der Waals surface area contributed by atoms with Gasteiger partial charge in [0.15, 0.2) is 11.5 Å². The fraction of sp³-hybridized carbons (Fsp3) is 0.368. The standard InChI is InChI=1S/C19H21N3O3/c23-19(22-9-3-1-2-4-10-22)16-11-15(7-8-20-16)21-14-5-6-17-18(12-14)25-13-24-17/h5-8,11-12H,1-4,9-10,13H2,(H,20,21). The van der Waals surface area contributed by atoms with Gasteiger partial charge in [0.05, 0.1) is 0 Å². The van der Waals surface area contributed by atoms with Crippen molar-refractivity contribution in [2.24, 2.45) is 0 Å². The fourth-order valence-electron chi connectivity index (χ4n) is 3.20. The van der Waals surface area contributed by atoms with E-state index in [-0.39, 0.29) is 12.7 Å². The lowest BCUT2D eigenvalue weighted by molar-refractivity contribution is 0.0756. The number of hydrogen-bond acceptors (Lipinski definition) is 5. The van der Waals surface area contributed by atoms with Crippen LogP contribution in [0.5, 0.6) is 11.5 Å². The van der Waals surface area contributed by atoms with E-state index in [0.29, 0.717) is 5.69 Å². The van der Waals surface area contributed by atoms with Crippen LogP contribution in [0.15, 0.2) is 36.5 Å². The minimum Gasteiger partial charge on any atom is -0.454 e. The van der Waals surface area contributed by atoms with E-state index in [1.807, 2.05) is 29.2 Å². The van der Waals surface area contributed by atoms with Gasteiger partial charge in [-0.05, 0) is 37.1 Å². The van der Waals surface area contributed by atoms with Crippen LogP contribution in [0.25, 0.3) is 0 Å². The number of likely N-dealkylation sites (tertiary alicyclic amines) is 1. The molecule has 1 amide bonds. The van der Waals surface area contributed by atoms with Crippen LogP contribution in [0.2, 0.25) is 0 Å². The first-order chi connectivity index (χ1) is 12.3. The number of anilines is 2. The molecular weight excluding hydrogens is 318 g/mol. The molecule has 0 saturated carbocycles. The summed E-state index contributed by atoms with van der Waals surface area (Å²) in [4.78, 5) is 18.9. The van der Waals surface area contributed by atoms with E-state index in [9.17, 15) is 4.79 Å². The summed E-state index contributed by atoms with van der Waals surface area (Å²) in [5.41, 5.74) is 2.18. The number of amides is 1. The molecule has 3 heterocycles. The fourth-order valence-corrected chi connectivity index (χ4v) is 3.20. The van der Waals surface area contributed by atoms with Gasteiger partial charge in [0.25, 0.3) is 5.91 Å². The van der Waals surface area contributed by atoms with Crippen molar-refractivity contribution in [2.75, 3.05) is 25.2 Å². The number of benzene rings is 1. The quantitative estimate of drug-likeness (QED) is 0.926. The van der Waals surface area contributed by atoms with Crippen LogP contribution in [0.4, 0.5) is 11.4 Å². The third-order valence-electron chi connectivity index (χ3n) is 4.53. The number of pyridine rings is 1. The van der Waals surface area contributed by atoms with Crippen LogP contribution in [0.3, 0.4) is 0 Å². The predicted molar refractivity (Wildman–Crippen MR) is 94.5 cm³/mol. The molecule has 1 aromatic carbocycles. The topological polar surface area (TPSA) is 63.7 Å². The van der Waals surface area contributed by atoms with Gasteiger partial charge in [0.2, 0.25) is 6.79 Å². The molecule has 25 heavy (non-hydrogen) atoms. The van der Waals surface area contributed by atoms with E-state index in [1.165, 1.54) is 12.8 Å². The first-order valence-electron chi connectivity index (χ1n) is 8.71. The van der Waals surface area contributed by atoms with Crippen molar-refractivity contribution < 1.29 is 14.3 Å². The number of fused-ring (bicyclic) bond motifs is 1. The Morgan fingerprint density at radius 2 is 1.72 bits per heavy atom. The van der Waals surface area contributed by atoms with Gasteiger partial charge in [-0.1, -0.05) is 12.8 Å². The molecule has 6 nitrogen and oxygen atoms in total. The molecule has 0 bridgehead atoms. The summed E-state index contributed by atoms with van der Waals surface area (Å²) in [7, 11) is 0. The summed E-state index contributed by atoms with van der Waals surface area (Å²) in [6.45, 7) is 1.89. The molecule has 0 unspecified atom stereocenters. The molecule has 1 fully saturated rings. The summed E-state index contributed by atoms with van der Waals surface area (Å²) >= 11 is 0. The molecule has 130 valence electrons. The highest BCUT2D eigenvalue weighted by Gasteiger charge is 2.19. The van der Waals surface area contributed by atoms with E-state index in [4.69, 9.17) is 9.47 Å². The molecule has 0 atom stereocenters. The Kier molecular flexibility index (Phi) is 4.41. The number of carbonyl (C=O) groups excluding carboxylic acids is 1. The number of rotatable bonds is 3. The van der Waals surface area contributed by atoms with Crippen LogP contribution < -0.4 is 14.8 Å². The Bertz CT molecular complexity index is 770. The third kappa shape index (κ3) is 3.52. The molecule has 1 N–H and O–H groups in total. The highest BCUT2D eigenvalue weighted by molar-refractivity contribution is 5.93. The zero-order chi connectivity index (χ0) is 17.1. The Labute approximate surface area is 146 Å². The lowest BCUT2D eigenvalue weighted by Gasteiger charge is -2.20. The Hall–Kier alpha value is -2.76. The molecule has 0 radical (unpaired) electrons. The Morgan fingerprint density at radius 3 is 2.56 bits per heavy atom. The van der Waals surface area contributed by atoms with Crippen LogP contribution >= 0.6 is 0 Å². The van der Waals surface area contributed by atoms with Gasteiger partial charge in [-0.25, -0.2) is 0 Å². The SMILES string of the molecule is O=C(c1cc(Nc2ccc3c(c2)OCO3)ccn1)N1CCCCCC1. The van der Waals surface area contributed by atoms with Crippen LogP contribution in [0.1, 0.15) is 36.2 Å². The summed E-state index contributed by atoms with van der Waals surface area (Å²) in [5, 5.41) is 3.30. The van der Waals surface area contributed by atoms with Crippen molar-refractivity contribution in [1.29, 1.82) is 0 Å². The Balaban J connectivity index is 1.50. The minimum atomic E-state index is 0.0104. The normalized spacial score (nSPS) is 16.4. The molecule has 2 aliphatic heterocycles. The average Bonchev–Trinajstić information content (AvgIpc) is 2.93. The van der Waals surface area contributed by atoms with Crippen LogP contribution in [0, 0.1) is 0 Å². The zero-order valence-electron chi connectivity index (χ0n) is 14.0. The lowest BCUT2D eigenvalue weighted by atomic mass is 10.2.